The highest BCUT2D eigenvalue weighted by Crippen LogP contribution is 2.15. The summed E-state index contributed by atoms with van der Waals surface area (Å²) in [5.41, 5.74) is -1.52. The van der Waals surface area contributed by atoms with Gasteiger partial charge < -0.3 is 14.6 Å². The van der Waals surface area contributed by atoms with E-state index in [4.69, 9.17) is 14.6 Å². The molecule has 0 spiro atoms. The standard InChI is InChI=1S/C14H25NO6/c1-9(11(18)20-13(2,3)4)15(8-10(16)17)12(19)21-14(5,6)7/h9H,8H2,1-7H3,(H,16,17). The smallest absolute Gasteiger partial charge is 0.411 e. The minimum absolute atomic E-state index is 0.644. The van der Waals surface area contributed by atoms with Crippen molar-refractivity contribution in [2.24, 2.45) is 0 Å². The number of rotatable bonds is 4. The molecular weight excluding hydrogens is 278 g/mol. The minimum Gasteiger partial charge on any atom is -0.480 e. The van der Waals surface area contributed by atoms with Gasteiger partial charge in [-0.15, -0.1) is 0 Å². The van der Waals surface area contributed by atoms with Crippen molar-refractivity contribution in [3.05, 3.63) is 0 Å². The lowest BCUT2D eigenvalue weighted by Gasteiger charge is -2.31. The number of esters is 1. The number of aliphatic carboxylic acids is 1. The van der Waals surface area contributed by atoms with Crippen LogP contribution in [0.15, 0.2) is 0 Å². The van der Waals surface area contributed by atoms with Gasteiger partial charge in [-0.1, -0.05) is 0 Å². The van der Waals surface area contributed by atoms with Gasteiger partial charge in [-0.3, -0.25) is 9.69 Å². The van der Waals surface area contributed by atoms with E-state index >= 15 is 0 Å². The van der Waals surface area contributed by atoms with Crippen LogP contribution in [-0.4, -0.2) is 51.8 Å². The molecule has 0 rings (SSSR count). The predicted molar refractivity (Wildman–Crippen MR) is 75.9 cm³/mol. The van der Waals surface area contributed by atoms with Crippen LogP contribution < -0.4 is 0 Å². The summed E-state index contributed by atoms with van der Waals surface area (Å²) in [6.07, 6.45) is -0.872. The monoisotopic (exact) mass is 303 g/mol. The normalized spacial score (nSPS) is 13.3. The molecule has 0 aliphatic rings. The van der Waals surface area contributed by atoms with Crippen molar-refractivity contribution in [2.45, 2.75) is 65.7 Å². The van der Waals surface area contributed by atoms with Crippen molar-refractivity contribution in [3.8, 4) is 0 Å². The summed E-state index contributed by atoms with van der Waals surface area (Å²) in [4.78, 5) is 35.8. The number of carbonyl (C=O) groups excluding carboxylic acids is 2. The van der Waals surface area contributed by atoms with Crippen LogP contribution in [-0.2, 0) is 19.1 Å². The van der Waals surface area contributed by atoms with Crippen LogP contribution >= 0.6 is 0 Å². The minimum atomic E-state index is -1.24. The first-order valence-electron chi connectivity index (χ1n) is 6.67. The average molecular weight is 303 g/mol. The Kier molecular flexibility index (Phi) is 6.20. The second-order valence-electron chi connectivity index (χ2n) is 6.71. The second kappa shape index (κ2) is 6.78. The Balaban J connectivity index is 5.09. The Morgan fingerprint density at radius 2 is 1.43 bits per heavy atom. The fourth-order valence-corrected chi connectivity index (χ4v) is 1.34. The van der Waals surface area contributed by atoms with E-state index in [0.29, 0.717) is 0 Å². The summed E-state index contributed by atoms with van der Waals surface area (Å²) in [5.74, 6) is -1.93. The zero-order valence-electron chi connectivity index (χ0n) is 13.7. The maximum absolute atomic E-state index is 12.0. The molecule has 7 nitrogen and oxygen atoms in total. The number of carboxylic acids is 1. The maximum Gasteiger partial charge on any atom is 0.411 e. The third-order valence-electron chi connectivity index (χ3n) is 2.15. The largest absolute Gasteiger partial charge is 0.480 e. The first-order valence-corrected chi connectivity index (χ1v) is 6.67. The molecule has 0 saturated heterocycles. The van der Waals surface area contributed by atoms with E-state index in [0.717, 1.165) is 4.90 Å². The quantitative estimate of drug-likeness (QED) is 0.799. The highest BCUT2D eigenvalue weighted by atomic mass is 16.6. The van der Waals surface area contributed by atoms with E-state index in [2.05, 4.69) is 0 Å². The SMILES string of the molecule is CC(C(=O)OC(C)(C)C)N(CC(=O)O)C(=O)OC(C)(C)C. The zero-order chi connectivity index (χ0) is 17.0. The number of hydrogen-bond acceptors (Lipinski definition) is 5. The van der Waals surface area contributed by atoms with Gasteiger partial charge >= 0.3 is 18.0 Å². The fraction of sp³-hybridized carbons (Fsp3) is 0.786. The van der Waals surface area contributed by atoms with Gasteiger partial charge in [0.15, 0.2) is 0 Å². The van der Waals surface area contributed by atoms with E-state index in [-0.39, 0.29) is 0 Å². The second-order valence-corrected chi connectivity index (χ2v) is 6.71. The summed E-state index contributed by atoms with van der Waals surface area (Å²) >= 11 is 0. The number of nitrogens with zero attached hydrogens (tertiary/aromatic N) is 1. The van der Waals surface area contributed by atoms with Gasteiger partial charge in [0.25, 0.3) is 0 Å². The summed E-state index contributed by atoms with van der Waals surface area (Å²) in [5, 5.41) is 8.89. The maximum atomic E-state index is 12.0. The van der Waals surface area contributed by atoms with Crippen LogP contribution in [0.3, 0.4) is 0 Å². The van der Waals surface area contributed by atoms with Crippen molar-refractivity contribution in [2.75, 3.05) is 6.54 Å². The number of carboxylic acid groups (broad SMARTS) is 1. The lowest BCUT2D eigenvalue weighted by Crippen LogP contribution is -2.49. The molecule has 7 heteroatoms. The van der Waals surface area contributed by atoms with Gasteiger partial charge in [0.2, 0.25) is 0 Å². The first kappa shape index (κ1) is 19.2. The molecule has 0 aliphatic heterocycles. The third-order valence-corrected chi connectivity index (χ3v) is 2.15. The zero-order valence-corrected chi connectivity index (χ0v) is 13.7. The summed E-state index contributed by atoms with van der Waals surface area (Å²) in [6, 6.07) is -1.06. The van der Waals surface area contributed by atoms with Crippen LogP contribution in [0.4, 0.5) is 4.79 Å². The number of amides is 1. The van der Waals surface area contributed by atoms with Crippen molar-refractivity contribution in [3.63, 3.8) is 0 Å². The van der Waals surface area contributed by atoms with E-state index in [1.807, 2.05) is 0 Å². The lowest BCUT2D eigenvalue weighted by molar-refractivity contribution is -0.161. The molecule has 0 saturated carbocycles. The number of ether oxygens (including phenoxy) is 2. The topological polar surface area (TPSA) is 93.1 Å². The van der Waals surface area contributed by atoms with Gasteiger partial charge in [-0.2, -0.15) is 0 Å². The average Bonchev–Trinajstić information content (AvgIpc) is 2.19. The lowest BCUT2D eigenvalue weighted by atomic mass is 10.2. The van der Waals surface area contributed by atoms with E-state index in [1.165, 1.54) is 6.92 Å². The van der Waals surface area contributed by atoms with E-state index in [1.54, 1.807) is 41.5 Å². The molecule has 0 aromatic rings. The molecule has 0 fully saturated rings. The molecule has 0 aromatic carbocycles. The van der Waals surface area contributed by atoms with Gasteiger partial charge in [0.05, 0.1) is 0 Å². The van der Waals surface area contributed by atoms with Crippen molar-refractivity contribution >= 4 is 18.0 Å². The fourth-order valence-electron chi connectivity index (χ4n) is 1.34. The molecule has 1 atom stereocenters. The molecule has 21 heavy (non-hydrogen) atoms. The Morgan fingerprint density at radius 3 is 1.76 bits per heavy atom. The van der Waals surface area contributed by atoms with Crippen molar-refractivity contribution < 1.29 is 29.0 Å². The van der Waals surface area contributed by atoms with Gasteiger partial charge in [-0.05, 0) is 48.5 Å². The van der Waals surface area contributed by atoms with Crippen LogP contribution in [0, 0.1) is 0 Å². The Morgan fingerprint density at radius 1 is 1.00 bits per heavy atom. The number of hydrogen-bond donors (Lipinski definition) is 1. The highest BCUT2D eigenvalue weighted by molar-refractivity contribution is 5.84. The van der Waals surface area contributed by atoms with Crippen LogP contribution in [0.2, 0.25) is 0 Å². The van der Waals surface area contributed by atoms with Gasteiger partial charge in [0, 0.05) is 0 Å². The van der Waals surface area contributed by atoms with Gasteiger partial charge in [0.1, 0.15) is 23.8 Å². The summed E-state index contributed by atoms with van der Waals surface area (Å²) < 4.78 is 10.3. The molecule has 0 heterocycles. The summed E-state index contributed by atoms with van der Waals surface area (Å²) in [6.45, 7) is 10.8. The molecule has 1 unspecified atom stereocenters. The van der Waals surface area contributed by atoms with Crippen molar-refractivity contribution in [1.29, 1.82) is 0 Å². The molecule has 1 N–H and O–H groups in total. The third kappa shape index (κ3) is 8.16. The van der Waals surface area contributed by atoms with Crippen LogP contribution in [0.5, 0.6) is 0 Å². The molecule has 1 amide bonds. The number of carbonyl (C=O) groups is 3. The molecular formula is C14H25NO6. The molecule has 0 bridgehead atoms. The van der Waals surface area contributed by atoms with E-state index in [9.17, 15) is 14.4 Å². The van der Waals surface area contributed by atoms with Crippen LogP contribution in [0.25, 0.3) is 0 Å². The Hall–Kier alpha value is -1.79. The summed E-state index contributed by atoms with van der Waals surface area (Å²) in [7, 11) is 0. The predicted octanol–water partition coefficient (Wildman–Crippen LogP) is 2.04. The molecule has 122 valence electrons. The van der Waals surface area contributed by atoms with E-state index < -0.39 is 41.8 Å². The van der Waals surface area contributed by atoms with Crippen LogP contribution in [0.1, 0.15) is 48.5 Å². The van der Waals surface area contributed by atoms with Crippen molar-refractivity contribution in [1.82, 2.24) is 4.90 Å². The first-order chi connectivity index (χ1) is 9.23. The molecule has 0 aromatic heterocycles. The van der Waals surface area contributed by atoms with Gasteiger partial charge in [-0.25, -0.2) is 9.59 Å². The Bertz CT molecular complexity index is 405. The highest BCUT2D eigenvalue weighted by Gasteiger charge is 2.33. The Labute approximate surface area is 125 Å². The molecule has 0 aliphatic carbocycles. The molecule has 0 radical (unpaired) electrons.